The molecule has 1 rings (SSSR count). The van der Waals surface area contributed by atoms with Crippen LogP contribution in [0.2, 0.25) is 0 Å². The van der Waals surface area contributed by atoms with Crippen molar-refractivity contribution in [3.63, 3.8) is 0 Å². The van der Waals surface area contributed by atoms with Gasteiger partial charge in [-0.05, 0) is 72.9 Å². The second-order valence-electron chi connectivity index (χ2n) is 6.79. The van der Waals surface area contributed by atoms with Crippen LogP contribution in [0.4, 0.5) is 0 Å². The summed E-state index contributed by atoms with van der Waals surface area (Å²) in [5.41, 5.74) is 6.42. The maximum atomic E-state index is 6.07. The van der Waals surface area contributed by atoms with Gasteiger partial charge in [0.2, 0.25) is 0 Å². The van der Waals surface area contributed by atoms with E-state index < -0.39 is 0 Å². The number of nitrogens with two attached hydrogens (primary N) is 1. The third kappa shape index (κ3) is 4.52. The molecule has 2 heteroatoms. The lowest BCUT2D eigenvalue weighted by Crippen LogP contribution is -2.47. The van der Waals surface area contributed by atoms with E-state index in [0.717, 1.165) is 5.92 Å². The number of hydrogen-bond acceptors (Lipinski definition) is 2. The molecule has 90 valence electrons. The van der Waals surface area contributed by atoms with Gasteiger partial charge in [0.1, 0.15) is 0 Å². The van der Waals surface area contributed by atoms with Crippen LogP contribution in [0.1, 0.15) is 53.9 Å². The van der Waals surface area contributed by atoms with Crippen LogP contribution < -0.4 is 5.73 Å². The first kappa shape index (κ1) is 13.0. The van der Waals surface area contributed by atoms with Crippen molar-refractivity contribution < 1.29 is 0 Å². The molecule has 0 bridgehead atoms. The van der Waals surface area contributed by atoms with Crippen molar-refractivity contribution in [1.82, 2.24) is 4.90 Å². The lowest BCUT2D eigenvalue weighted by atomic mass is 9.84. The molecule has 0 unspecified atom stereocenters. The first-order valence-electron chi connectivity index (χ1n) is 6.22. The highest BCUT2D eigenvalue weighted by Crippen LogP contribution is 2.28. The van der Waals surface area contributed by atoms with Gasteiger partial charge < -0.3 is 5.73 Å². The molecule has 1 heterocycles. The lowest BCUT2D eigenvalue weighted by Gasteiger charge is -2.42. The van der Waals surface area contributed by atoms with E-state index in [9.17, 15) is 0 Å². The van der Waals surface area contributed by atoms with Crippen molar-refractivity contribution in [3.05, 3.63) is 0 Å². The Balaban J connectivity index is 2.37. The lowest BCUT2D eigenvalue weighted by molar-refractivity contribution is 0.0804. The Kier molecular flexibility index (Phi) is 3.83. The van der Waals surface area contributed by atoms with Crippen LogP contribution in [-0.2, 0) is 0 Å². The molecule has 0 atom stereocenters. The summed E-state index contributed by atoms with van der Waals surface area (Å²) in [6.45, 7) is 13.7. The Hall–Kier alpha value is -0.0800. The molecule has 0 amide bonds. The van der Waals surface area contributed by atoms with Crippen LogP contribution in [0.5, 0.6) is 0 Å². The summed E-state index contributed by atoms with van der Waals surface area (Å²) >= 11 is 0. The molecule has 0 aromatic heterocycles. The van der Waals surface area contributed by atoms with Crippen LogP contribution in [0, 0.1) is 5.92 Å². The number of nitrogens with zero attached hydrogens (tertiary/aromatic N) is 1. The largest absolute Gasteiger partial charge is 0.326 e. The fourth-order valence-electron chi connectivity index (χ4n) is 2.55. The normalized spacial score (nSPS) is 22.0. The fourth-order valence-corrected chi connectivity index (χ4v) is 2.55. The predicted molar refractivity (Wildman–Crippen MR) is 66.9 cm³/mol. The molecular weight excluding hydrogens is 184 g/mol. The Morgan fingerprint density at radius 3 is 1.87 bits per heavy atom. The van der Waals surface area contributed by atoms with Crippen molar-refractivity contribution in [2.75, 3.05) is 13.1 Å². The molecule has 15 heavy (non-hydrogen) atoms. The molecule has 1 fully saturated rings. The number of piperidine rings is 1. The summed E-state index contributed by atoms with van der Waals surface area (Å²) in [5, 5.41) is 0. The Bertz CT molecular complexity index is 190. The van der Waals surface area contributed by atoms with E-state index in [-0.39, 0.29) is 5.54 Å². The van der Waals surface area contributed by atoms with Crippen LogP contribution in [0.15, 0.2) is 0 Å². The Morgan fingerprint density at radius 2 is 1.53 bits per heavy atom. The molecular formula is C13H28N2. The number of likely N-dealkylation sites (tertiary alicyclic amines) is 1. The SMILES string of the molecule is CC(C)(N)CC1CCN(C(C)(C)C)CC1. The fraction of sp³-hybridized carbons (Fsp3) is 1.00. The van der Waals surface area contributed by atoms with Crippen molar-refractivity contribution in [2.45, 2.75) is 65.0 Å². The molecule has 2 N–H and O–H groups in total. The van der Waals surface area contributed by atoms with Crippen molar-refractivity contribution >= 4 is 0 Å². The van der Waals surface area contributed by atoms with E-state index >= 15 is 0 Å². The molecule has 0 aromatic carbocycles. The maximum absolute atomic E-state index is 6.07. The zero-order valence-electron chi connectivity index (χ0n) is 11.1. The van der Waals surface area contributed by atoms with E-state index in [0.29, 0.717) is 5.54 Å². The minimum Gasteiger partial charge on any atom is -0.326 e. The second kappa shape index (κ2) is 4.42. The summed E-state index contributed by atoms with van der Waals surface area (Å²) in [6, 6.07) is 0. The van der Waals surface area contributed by atoms with Crippen LogP contribution >= 0.6 is 0 Å². The zero-order chi connectivity index (χ0) is 11.7. The van der Waals surface area contributed by atoms with Gasteiger partial charge in [0.25, 0.3) is 0 Å². The zero-order valence-corrected chi connectivity index (χ0v) is 11.1. The van der Waals surface area contributed by atoms with Crippen LogP contribution in [-0.4, -0.2) is 29.1 Å². The molecule has 1 saturated heterocycles. The average Bonchev–Trinajstić information content (AvgIpc) is 2.00. The first-order chi connectivity index (χ1) is 6.68. The smallest absolute Gasteiger partial charge is 0.0125 e. The summed E-state index contributed by atoms with van der Waals surface area (Å²) in [4.78, 5) is 2.59. The predicted octanol–water partition coefficient (Wildman–Crippen LogP) is 2.62. The van der Waals surface area contributed by atoms with Gasteiger partial charge in [0.15, 0.2) is 0 Å². The maximum Gasteiger partial charge on any atom is 0.0125 e. The number of hydrogen-bond donors (Lipinski definition) is 1. The van der Waals surface area contributed by atoms with Crippen molar-refractivity contribution in [1.29, 1.82) is 0 Å². The molecule has 0 aliphatic carbocycles. The van der Waals surface area contributed by atoms with Crippen molar-refractivity contribution in [3.8, 4) is 0 Å². The molecule has 0 radical (unpaired) electrons. The molecule has 0 aromatic rings. The van der Waals surface area contributed by atoms with Crippen LogP contribution in [0.3, 0.4) is 0 Å². The highest BCUT2D eigenvalue weighted by atomic mass is 15.2. The summed E-state index contributed by atoms with van der Waals surface area (Å²) < 4.78 is 0. The van der Waals surface area contributed by atoms with E-state index in [1.165, 1.54) is 32.4 Å². The standard InChI is InChI=1S/C13H28N2/c1-12(2,3)15-8-6-11(7-9-15)10-13(4,5)14/h11H,6-10,14H2,1-5H3. The highest BCUT2D eigenvalue weighted by molar-refractivity contribution is 4.85. The molecule has 0 saturated carbocycles. The van der Waals surface area contributed by atoms with Gasteiger partial charge >= 0.3 is 0 Å². The van der Waals surface area contributed by atoms with E-state index in [1.807, 2.05) is 0 Å². The van der Waals surface area contributed by atoms with Crippen molar-refractivity contribution in [2.24, 2.45) is 11.7 Å². The Labute approximate surface area is 95.2 Å². The summed E-state index contributed by atoms with van der Waals surface area (Å²) in [6.07, 6.45) is 3.81. The first-order valence-corrected chi connectivity index (χ1v) is 6.22. The number of rotatable bonds is 2. The average molecular weight is 212 g/mol. The minimum atomic E-state index is 0.00850. The third-order valence-electron chi connectivity index (χ3n) is 3.38. The van der Waals surface area contributed by atoms with Crippen LogP contribution in [0.25, 0.3) is 0 Å². The minimum absolute atomic E-state index is 0.00850. The summed E-state index contributed by atoms with van der Waals surface area (Å²) in [7, 11) is 0. The molecule has 1 aliphatic heterocycles. The van der Waals surface area contributed by atoms with Gasteiger partial charge in [-0.25, -0.2) is 0 Å². The van der Waals surface area contributed by atoms with Gasteiger partial charge in [-0.1, -0.05) is 0 Å². The molecule has 2 nitrogen and oxygen atoms in total. The third-order valence-corrected chi connectivity index (χ3v) is 3.38. The van der Waals surface area contributed by atoms with E-state index in [1.54, 1.807) is 0 Å². The molecule has 1 aliphatic rings. The van der Waals surface area contributed by atoms with Gasteiger partial charge in [-0.3, -0.25) is 4.90 Å². The quantitative estimate of drug-likeness (QED) is 0.762. The van der Waals surface area contributed by atoms with Gasteiger partial charge in [0, 0.05) is 11.1 Å². The molecule has 0 spiro atoms. The topological polar surface area (TPSA) is 29.3 Å². The second-order valence-corrected chi connectivity index (χ2v) is 6.79. The highest BCUT2D eigenvalue weighted by Gasteiger charge is 2.28. The van der Waals surface area contributed by atoms with Gasteiger partial charge in [-0.2, -0.15) is 0 Å². The summed E-state index contributed by atoms with van der Waals surface area (Å²) in [5.74, 6) is 0.837. The van der Waals surface area contributed by atoms with Gasteiger partial charge in [0.05, 0.1) is 0 Å². The van der Waals surface area contributed by atoms with E-state index in [2.05, 4.69) is 39.5 Å². The van der Waals surface area contributed by atoms with E-state index in [4.69, 9.17) is 5.73 Å². The van der Waals surface area contributed by atoms with Gasteiger partial charge in [-0.15, -0.1) is 0 Å². The Morgan fingerprint density at radius 1 is 1.07 bits per heavy atom. The monoisotopic (exact) mass is 212 g/mol.